The Balaban J connectivity index is 2.16. The highest BCUT2D eigenvalue weighted by Gasteiger charge is 2.21. The molecule has 82 valence electrons. The number of hydrogen-bond donors (Lipinski definition) is 1. The summed E-state index contributed by atoms with van der Waals surface area (Å²) in [4.78, 5) is 0. The summed E-state index contributed by atoms with van der Waals surface area (Å²) in [5.74, 6) is 1.26. The second kappa shape index (κ2) is 5.24. The molecule has 2 unspecified atom stereocenters. The molecule has 1 nitrogen and oxygen atoms in total. The minimum atomic E-state index is 0.467. The lowest BCUT2D eigenvalue weighted by Gasteiger charge is -2.22. The van der Waals surface area contributed by atoms with E-state index in [1.54, 1.807) is 0 Å². The molecule has 1 saturated heterocycles. The van der Waals surface area contributed by atoms with Crippen molar-refractivity contribution in [1.29, 1.82) is 0 Å². The lowest BCUT2D eigenvalue weighted by Crippen LogP contribution is -2.27. The molecule has 2 atom stereocenters. The van der Waals surface area contributed by atoms with Crippen LogP contribution in [0, 0.1) is 0 Å². The molecule has 1 aromatic carbocycles. The predicted molar refractivity (Wildman–Crippen MR) is 68.7 cm³/mol. The Labute approximate surface area is 101 Å². The van der Waals surface area contributed by atoms with Gasteiger partial charge in [0.15, 0.2) is 0 Å². The summed E-state index contributed by atoms with van der Waals surface area (Å²) < 4.78 is 0. The highest BCUT2D eigenvalue weighted by atomic mass is 35.5. The van der Waals surface area contributed by atoms with Gasteiger partial charge in [-0.15, -0.1) is 0 Å². The lowest BCUT2D eigenvalue weighted by molar-refractivity contribution is 0.540. The van der Waals surface area contributed by atoms with Crippen LogP contribution in [-0.2, 0) is 0 Å². The zero-order valence-corrected chi connectivity index (χ0v) is 10.4. The van der Waals surface area contributed by atoms with Crippen LogP contribution < -0.4 is 5.32 Å². The van der Waals surface area contributed by atoms with Gasteiger partial charge in [-0.1, -0.05) is 30.7 Å². The average Bonchev–Trinajstić information content (AvgIpc) is 2.44. The third-order valence-corrected chi connectivity index (χ3v) is 4.34. The Morgan fingerprint density at radius 2 is 2.07 bits per heavy atom. The summed E-state index contributed by atoms with van der Waals surface area (Å²) in [7, 11) is 0. The van der Waals surface area contributed by atoms with Crippen LogP contribution in [0.25, 0.3) is 0 Å². The molecule has 1 N–H and O–H groups in total. The summed E-state index contributed by atoms with van der Waals surface area (Å²) >= 11 is 7.94. The Kier molecular flexibility index (Phi) is 3.95. The van der Waals surface area contributed by atoms with Gasteiger partial charge in [0.25, 0.3) is 0 Å². The van der Waals surface area contributed by atoms with Crippen LogP contribution in [-0.4, -0.2) is 17.5 Å². The minimum absolute atomic E-state index is 0.467. The quantitative estimate of drug-likeness (QED) is 0.808. The van der Waals surface area contributed by atoms with E-state index in [1.807, 2.05) is 12.1 Å². The van der Waals surface area contributed by atoms with Crippen LogP contribution in [0.5, 0.6) is 0 Å². The van der Waals surface area contributed by atoms with Crippen LogP contribution in [0.15, 0.2) is 24.3 Å². The zero-order valence-electron chi connectivity index (χ0n) is 8.87. The molecular weight excluding hydrogens is 226 g/mol. The second-order valence-electron chi connectivity index (χ2n) is 3.91. The van der Waals surface area contributed by atoms with E-state index in [4.69, 9.17) is 11.6 Å². The second-order valence-corrected chi connectivity index (χ2v) is 5.83. The number of halogens is 1. The maximum atomic E-state index is 5.89. The van der Waals surface area contributed by atoms with Gasteiger partial charge in [-0.05, 0) is 36.4 Å². The van der Waals surface area contributed by atoms with Crippen molar-refractivity contribution in [2.24, 2.45) is 0 Å². The molecule has 3 heteroatoms. The van der Waals surface area contributed by atoms with Crippen LogP contribution in [0.3, 0.4) is 0 Å². The molecule has 0 amide bonds. The first kappa shape index (κ1) is 11.3. The third-order valence-electron chi connectivity index (χ3n) is 2.76. The molecule has 1 aromatic rings. The highest BCUT2D eigenvalue weighted by Crippen LogP contribution is 2.29. The van der Waals surface area contributed by atoms with Crippen molar-refractivity contribution in [2.75, 3.05) is 12.3 Å². The summed E-state index contributed by atoms with van der Waals surface area (Å²) in [6, 6.07) is 8.67. The van der Waals surface area contributed by atoms with Crippen molar-refractivity contribution in [3.05, 3.63) is 34.9 Å². The van der Waals surface area contributed by atoms with E-state index in [0.29, 0.717) is 11.3 Å². The number of thioether (sulfide) groups is 1. The van der Waals surface area contributed by atoms with E-state index in [0.717, 1.165) is 11.6 Å². The lowest BCUT2D eigenvalue weighted by atomic mass is 10.0. The fraction of sp³-hybridized carbons (Fsp3) is 0.500. The van der Waals surface area contributed by atoms with E-state index in [2.05, 4.69) is 36.1 Å². The monoisotopic (exact) mass is 241 g/mol. The van der Waals surface area contributed by atoms with Gasteiger partial charge in [0, 0.05) is 16.3 Å². The fourth-order valence-corrected chi connectivity index (χ4v) is 3.17. The third kappa shape index (κ3) is 2.90. The summed E-state index contributed by atoms with van der Waals surface area (Å²) in [6.45, 7) is 3.41. The maximum absolute atomic E-state index is 5.89. The average molecular weight is 242 g/mol. The summed E-state index contributed by atoms with van der Waals surface area (Å²) in [5, 5.41) is 5.05. The largest absolute Gasteiger partial charge is 0.309 e. The smallest absolute Gasteiger partial charge is 0.0437 e. The van der Waals surface area contributed by atoms with Gasteiger partial charge < -0.3 is 5.32 Å². The molecule has 0 radical (unpaired) electrons. The van der Waals surface area contributed by atoms with Gasteiger partial charge in [-0.3, -0.25) is 0 Å². The molecule has 0 spiro atoms. The first-order valence-electron chi connectivity index (χ1n) is 5.38. The van der Waals surface area contributed by atoms with E-state index in [9.17, 15) is 0 Å². The topological polar surface area (TPSA) is 12.0 Å². The number of benzene rings is 1. The van der Waals surface area contributed by atoms with Gasteiger partial charge in [-0.2, -0.15) is 11.8 Å². The molecule has 1 fully saturated rings. The SMILES string of the molecule is CC1SCCCNC1c1ccc(Cl)cc1. The first-order chi connectivity index (χ1) is 7.27. The molecule has 0 aliphatic carbocycles. The molecule has 1 aliphatic heterocycles. The Morgan fingerprint density at radius 1 is 1.33 bits per heavy atom. The summed E-state index contributed by atoms with van der Waals surface area (Å²) in [5.41, 5.74) is 1.35. The van der Waals surface area contributed by atoms with Crippen LogP contribution >= 0.6 is 23.4 Å². The van der Waals surface area contributed by atoms with Crippen molar-refractivity contribution in [3.8, 4) is 0 Å². The molecule has 0 saturated carbocycles. The van der Waals surface area contributed by atoms with E-state index in [-0.39, 0.29) is 0 Å². The van der Waals surface area contributed by atoms with Gasteiger partial charge in [0.1, 0.15) is 0 Å². The first-order valence-corrected chi connectivity index (χ1v) is 6.80. The van der Waals surface area contributed by atoms with Gasteiger partial charge >= 0.3 is 0 Å². The predicted octanol–water partition coefficient (Wildman–Crippen LogP) is 3.50. The zero-order chi connectivity index (χ0) is 10.7. The van der Waals surface area contributed by atoms with Crippen molar-refractivity contribution < 1.29 is 0 Å². The fourth-order valence-electron chi connectivity index (χ4n) is 1.92. The molecule has 1 aliphatic rings. The molecule has 15 heavy (non-hydrogen) atoms. The van der Waals surface area contributed by atoms with E-state index < -0.39 is 0 Å². The Morgan fingerprint density at radius 3 is 2.80 bits per heavy atom. The molecule has 1 heterocycles. The number of hydrogen-bond acceptors (Lipinski definition) is 2. The van der Waals surface area contributed by atoms with Crippen molar-refractivity contribution in [1.82, 2.24) is 5.32 Å². The Bertz CT molecular complexity index is 312. The molecular formula is C12H16ClNS. The molecule has 0 aromatic heterocycles. The van der Waals surface area contributed by atoms with E-state index >= 15 is 0 Å². The summed E-state index contributed by atoms with van der Waals surface area (Å²) in [6.07, 6.45) is 1.26. The standard InChI is InChI=1S/C12H16ClNS/c1-9-12(14-7-2-8-15-9)10-3-5-11(13)6-4-10/h3-6,9,12,14H,2,7-8H2,1H3. The molecule has 0 bridgehead atoms. The van der Waals surface area contributed by atoms with Crippen molar-refractivity contribution in [2.45, 2.75) is 24.6 Å². The number of nitrogens with one attached hydrogen (secondary N) is 1. The van der Waals surface area contributed by atoms with Gasteiger partial charge in [0.05, 0.1) is 0 Å². The normalized spacial score (nSPS) is 27.3. The van der Waals surface area contributed by atoms with Gasteiger partial charge in [0.2, 0.25) is 0 Å². The number of rotatable bonds is 1. The van der Waals surface area contributed by atoms with Crippen molar-refractivity contribution in [3.63, 3.8) is 0 Å². The maximum Gasteiger partial charge on any atom is 0.0437 e. The van der Waals surface area contributed by atoms with E-state index in [1.165, 1.54) is 17.7 Å². The molecule has 2 rings (SSSR count). The highest BCUT2D eigenvalue weighted by molar-refractivity contribution is 7.99. The van der Waals surface area contributed by atoms with Gasteiger partial charge in [-0.25, -0.2) is 0 Å². The van der Waals surface area contributed by atoms with Crippen LogP contribution in [0.2, 0.25) is 5.02 Å². The minimum Gasteiger partial charge on any atom is -0.309 e. The van der Waals surface area contributed by atoms with Crippen LogP contribution in [0.4, 0.5) is 0 Å². The van der Waals surface area contributed by atoms with Crippen LogP contribution in [0.1, 0.15) is 24.9 Å². The Hall–Kier alpha value is -0.180. The van der Waals surface area contributed by atoms with Crippen molar-refractivity contribution >= 4 is 23.4 Å².